The molecule has 0 bridgehead atoms. The summed E-state index contributed by atoms with van der Waals surface area (Å²) in [4.78, 5) is 8.78. The number of nitrogens with zero attached hydrogens (tertiary/aromatic N) is 2. The van der Waals surface area contributed by atoms with Gasteiger partial charge in [-0.1, -0.05) is 291 Å². The molecule has 424 valence electrons. The molecule has 85 heavy (non-hydrogen) atoms. The van der Waals surface area contributed by atoms with E-state index in [1.165, 1.54) is 31.8 Å². The Bertz CT molecular complexity index is 3220. The van der Waals surface area contributed by atoms with Crippen molar-refractivity contribution < 1.29 is 43.2 Å². The molecule has 12 rings (SSSR count). The molecule has 0 aliphatic carbocycles. The maximum atomic E-state index is 12.7. The molecule has 0 atom stereocenters. The Labute approximate surface area is 525 Å². The van der Waals surface area contributed by atoms with Gasteiger partial charge in [0.05, 0.1) is 0 Å². The molecule has 0 aromatic heterocycles. The van der Waals surface area contributed by atoms with Gasteiger partial charge in [0.2, 0.25) is 0 Å². The summed E-state index contributed by atoms with van der Waals surface area (Å²) in [6.07, 6.45) is 4.00. The van der Waals surface area contributed by atoms with E-state index in [1.807, 2.05) is 146 Å². The van der Waals surface area contributed by atoms with Crippen LogP contribution in [0.3, 0.4) is 0 Å². The second-order valence-electron chi connectivity index (χ2n) is 18.4. The largest absolute Gasteiger partial charge is 2.00 e. The van der Waals surface area contributed by atoms with Gasteiger partial charge in [0, 0.05) is 25.5 Å². The third-order valence-corrected chi connectivity index (χ3v) is 17.5. The van der Waals surface area contributed by atoms with Crippen LogP contribution in [0.15, 0.2) is 350 Å². The first kappa shape index (κ1) is 65.6. The molecule has 0 spiro atoms. The second-order valence-corrected chi connectivity index (χ2v) is 22.9. The zero-order valence-electron chi connectivity index (χ0n) is 46.8. The molecule has 0 amide bonds. The first-order chi connectivity index (χ1) is 41.1. The van der Waals surface area contributed by atoms with Crippen LogP contribution in [-0.2, 0) is 33.0 Å². The van der Waals surface area contributed by atoms with E-state index in [0.717, 1.165) is 17.5 Å². The minimum absolute atomic E-state index is 0. The summed E-state index contributed by atoms with van der Waals surface area (Å²) >= 11 is 0. The Kier molecular flexibility index (Phi) is 29.6. The Hall–Kier alpha value is -8.57. The Morgan fingerprint density at radius 3 is 0.741 bits per heavy atom. The minimum Gasteiger partial charge on any atom is -0.872 e. The van der Waals surface area contributed by atoms with Gasteiger partial charge in [-0.15, -0.1) is 0 Å². The van der Waals surface area contributed by atoms with Gasteiger partial charge in [0.25, 0.3) is 0 Å². The summed E-state index contributed by atoms with van der Waals surface area (Å²) in [5.74, 6) is -0.0431. The molecule has 0 aliphatic rings. The third-order valence-electron chi connectivity index (χ3n) is 12.6. The third kappa shape index (κ3) is 21.5. The number of benzene rings is 12. The molecular weight excluding hydrogens is 1160 g/mol. The first-order valence-electron chi connectivity index (χ1n) is 27.6. The van der Waals surface area contributed by atoms with Crippen LogP contribution in [0.5, 0.6) is 11.5 Å². The topological polar surface area (TPSA) is 70.8 Å². The van der Waals surface area contributed by atoms with Crippen molar-refractivity contribution in [2.45, 2.75) is 6.42 Å². The van der Waals surface area contributed by atoms with Crippen molar-refractivity contribution in [2.24, 2.45) is 9.98 Å². The second kappa shape index (κ2) is 38.3. The molecule has 0 aliphatic heterocycles. The summed E-state index contributed by atoms with van der Waals surface area (Å²) in [6.45, 7) is 1.11. The summed E-state index contributed by atoms with van der Waals surface area (Å²) in [5, 5.41) is 33.8. The van der Waals surface area contributed by atoms with Crippen LogP contribution in [0.1, 0.15) is 17.5 Å². The number of hydrogen-bond donors (Lipinski definition) is 0. The predicted molar refractivity (Wildman–Crippen MR) is 353 cm³/mol. The number of para-hydroxylation sites is 2. The molecule has 0 fully saturated rings. The van der Waals surface area contributed by atoms with Gasteiger partial charge < -0.3 is 10.2 Å². The normalized spacial score (nSPS) is 10.3. The number of rotatable bonds is 14. The fraction of sp³-hybridized carbons (Fsp3) is 0.0390. The molecule has 0 N–H and O–H groups in total. The van der Waals surface area contributed by atoms with Crippen LogP contribution in [0.4, 0.5) is 0 Å². The minimum atomic E-state index is -0.446. The molecular formula is C77H64N2Ni2O2P2. The van der Waals surface area contributed by atoms with Crippen LogP contribution in [0.25, 0.3) is 22.3 Å². The van der Waals surface area contributed by atoms with Gasteiger partial charge in [-0.05, 0) is 87.5 Å². The molecule has 12 aromatic carbocycles. The van der Waals surface area contributed by atoms with E-state index >= 15 is 0 Å². The van der Waals surface area contributed by atoms with E-state index in [2.05, 4.69) is 204 Å². The van der Waals surface area contributed by atoms with E-state index in [0.29, 0.717) is 35.3 Å². The SMILES string of the molecule is [Ni+2].[Ni+2].[O-]c1c(C=NCCCN=Cc2cccc(-c3ccccc3)c2[O-])cccc1-c1ccccc1.[c-]1ccccc1.[c-]1ccccc1.c1ccc(P(c2ccccc2)c2ccccc2)cc1.c1ccc(P(c2ccccc2)c2ccccc2)cc1. The van der Waals surface area contributed by atoms with Crippen molar-refractivity contribution in [3.05, 3.63) is 363 Å². The van der Waals surface area contributed by atoms with Gasteiger partial charge in [-0.2, -0.15) is 72.8 Å². The zero-order chi connectivity index (χ0) is 57.2. The van der Waals surface area contributed by atoms with E-state index in [1.54, 1.807) is 24.6 Å². The fourth-order valence-electron chi connectivity index (χ4n) is 8.62. The van der Waals surface area contributed by atoms with Crippen LogP contribution < -0.4 is 42.0 Å². The average molecular weight is 1230 g/mol. The van der Waals surface area contributed by atoms with Crippen molar-refractivity contribution >= 4 is 60.1 Å². The summed E-state index contributed by atoms with van der Waals surface area (Å²) < 4.78 is 0. The molecule has 4 nitrogen and oxygen atoms in total. The number of hydrogen-bond acceptors (Lipinski definition) is 4. The quantitative estimate of drug-likeness (QED) is 0.0358. The van der Waals surface area contributed by atoms with Crippen LogP contribution >= 0.6 is 15.8 Å². The van der Waals surface area contributed by atoms with Crippen molar-refractivity contribution in [3.8, 4) is 33.8 Å². The van der Waals surface area contributed by atoms with Crippen molar-refractivity contribution in [1.29, 1.82) is 0 Å². The maximum Gasteiger partial charge on any atom is 2.00 e. The van der Waals surface area contributed by atoms with Crippen molar-refractivity contribution in [1.82, 2.24) is 0 Å². The van der Waals surface area contributed by atoms with Gasteiger partial charge in [0.15, 0.2) is 0 Å². The van der Waals surface area contributed by atoms with E-state index in [9.17, 15) is 10.2 Å². The standard InChI is InChI=1S/C29H26N2O2.2C18H15P.2C6H5.2Ni/c32-28-24(14-7-16-26(28)22-10-3-1-4-11-22)20-30-18-9-19-31-21-25-15-8-17-27(29(25)33)23-12-5-2-6-13-23;2*1-4-10-16(11-5-1)19(17-12-6-2-7-13-17)18-14-8-3-9-15-18;2*1-2-4-6-5-3-1;;/h1-8,10-17,20-21,32-33H,9,18-19H2;2*1-15H;2*1-5H;;/q;;;2*-1;2*+2/p-2. The van der Waals surface area contributed by atoms with Gasteiger partial charge in [0.1, 0.15) is 0 Å². The van der Waals surface area contributed by atoms with Gasteiger partial charge >= 0.3 is 33.0 Å². The number of aliphatic imine (C=N–C) groups is 2. The van der Waals surface area contributed by atoms with Gasteiger partial charge in [-0.25, -0.2) is 0 Å². The Morgan fingerprint density at radius 2 is 0.518 bits per heavy atom. The monoisotopic (exact) mass is 1230 g/mol. The molecule has 12 aromatic rings. The van der Waals surface area contributed by atoms with Crippen molar-refractivity contribution in [2.75, 3.05) is 13.1 Å². The summed E-state index contributed by atoms with van der Waals surface area (Å²) in [5.41, 5.74) is 4.31. The van der Waals surface area contributed by atoms with Crippen LogP contribution in [-0.4, -0.2) is 25.5 Å². The van der Waals surface area contributed by atoms with E-state index < -0.39 is 15.8 Å². The van der Waals surface area contributed by atoms with E-state index in [-0.39, 0.29) is 44.5 Å². The van der Waals surface area contributed by atoms with Crippen molar-refractivity contribution in [3.63, 3.8) is 0 Å². The Balaban J connectivity index is 0.000000190. The summed E-state index contributed by atoms with van der Waals surface area (Å²) in [7, 11) is -0.892. The van der Waals surface area contributed by atoms with Crippen LogP contribution in [0.2, 0.25) is 0 Å². The maximum absolute atomic E-state index is 12.7. The molecule has 0 saturated carbocycles. The van der Waals surface area contributed by atoms with Crippen LogP contribution in [0, 0.1) is 12.1 Å². The average Bonchev–Trinajstić information content (AvgIpc) is 3.64. The fourth-order valence-corrected chi connectivity index (χ4v) is 13.2. The first-order valence-corrected chi connectivity index (χ1v) is 30.3. The molecule has 8 heteroatoms. The summed E-state index contributed by atoms with van der Waals surface area (Å²) in [6, 6.07) is 120. The molecule has 0 heterocycles. The predicted octanol–water partition coefficient (Wildman–Crippen LogP) is 15.0. The molecule has 0 saturated heterocycles. The Morgan fingerprint density at radius 1 is 0.282 bits per heavy atom. The van der Waals surface area contributed by atoms with Gasteiger partial charge in [-0.3, -0.25) is 9.98 Å². The zero-order valence-corrected chi connectivity index (χ0v) is 50.6. The molecule has 0 radical (unpaired) electrons. The van der Waals surface area contributed by atoms with E-state index in [4.69, 9.17) is 0 Å². The molecule has 0 unspecified atom stereocenters. The smallest absolute Gasteiger partial charge is 0.872 e.